The van der Waals surface area contributed by atoms with Gasteiger partial charge in [0.1, 0.15) is 0 Å². The highest BCUT2D eigenvalue weighted by molar-refractivity contribution is 7.99. The van der Waals surface area contributed by atoms with Crippen molar-refractivity contribution in [2.75, 3.05) is 5.75 Å². The van der Waals surface area contributed by atoms with Gasteiger partial charge in [-0.1, -0.05) is 130 Å². The Hall–Kier alpha value is -4.49. The molecule has 0 aliphatic carbocycles. The molecule has 5 aromatic rings. The number of amides is 1. The predicted octanol–water partition coefficient (Wildman–Crippen LogP) is 7.14. The molecule has 0 fully saturated rings. The highest BCUT2D eigenvalue weighted by Crippen LogP contribution is 2.30. The van der Waals surface area contributed by atoms with E-state index in [1.54, 1.807) is 6.21 Å². The molecule has 0 aliphatic heterocycles. The minimum Gasteiger partial charge on any atom is -0.272 e. The van der Waals surface area contributed by atoms with Crippen molar-refractivity contribution in [2.45, 2.75) is 31.3 Å². The van der Waals surface area contributed by atoms with Crippen molar-refractivity contribution >= 4 is 23.9 Å². The Bertz CT molecular complexity index is 1590. The molecule has 0 saturated carbocycles. The van der Waals surface area contributed by atoms with Crippen LogP contribution in [-0.4, -0.2) is 32.6 Å². The Kier molecular flexibility index (Phi) is 8.22. The first-order chi connectivity index (χ1) is 19.4. The molecule has 1 N–H and O–H groups in total. The van der Waals surface area contributed by atoms with Crippen LogP contribution in [0.25, 0.3) is 28.2 Å². The summed E-state index contributed by atoms with van der Waals surface area (Å²) in [7, 11) is 0. The van der Waals surface area contributed by atoms with Gasteiger partial charge < -0.3 is 0 Å². The molecule has 0 atom stereocenters. The maximum Gasteiger partial charge on any atom is 0.250 e. The molecule has 0 aliphatic rings. The maximum absolute atomic E-state index is 12.6. The molecular weight excluding hydrogens is 514 g/mol. The van der Waals surface area contributed by atoms with E-state index in [4.69, 9.17) is 0 Å². The highest BCUT2D eigenvalue weighted by Gasteiger charge is 2.19. The third-order valence-electron chi connectivity index (χ3n) is 6.41. The van der Waals surface area contributed by atoms with Gasteiger partial charge in [0.05, 0.1) is 12.0 Å². The van der Waals surface area contributed by atoms with Crippen LogP contribution in [0.2, 0.25) is 0 Å². The van der Waals surface area contributed by atoms with Crippen LogP contribution >= 0.6 is 11.8 Å². The van der Waals surface area contributed by atoms with Crippen molar-refractivity contribution in [3.8, 4) is 28.2 Å². The van der Waals surface area contributed by atoms with Crippen molar-refractivity contribution in [3.05, 3.63) is 120 Å². The van der Waals surface area contributed by atoms with Crippen LogP contribution < -0.4 is 5.43 Å². The van der Waals surface area contributed by atoms with E-state index in [0.29, 0.717) is 5.16 Å². The van der Waals surface area contributed by atoms with Gasteiger partial charge in [-0.2, -0.15) is 5.10 Å². The molecule has 0 saturated heterocycles. The first-order valence-corrected chi connectivity index (χ1v) is 14.1. The third kappa shape index (κ3) is 6.55. The fraction of sp³-hybridized carbons (Fsp3) is 0.152. The quantitative estimate of drug-likeness (QED) is 0.128. The summed E-state index contributed by atoms with van der Waals surface area (Å²) >= 11 is 1.32. The molecule has 40 heavy (non-hydrogen) atoms. The number of hydrogen-bond donors (Lipinski definition) is 1. The summed E-state index contributed by atoms with van der Waals surface area (Å²) in [5, 5.41) is 13.7. The largest absolute Gasteiger partial charge is 0.272 e. The summed E-state index contributed by atoms with van der Waals surface area (Å²) in [6.07, 6.45) is 1.64. The maximum atomic E-state index is 12.6. The number of nitrogens with one attached hydrogen (secondary N) is 1. The molecule has 1 amide bonds. The van der Waals surface area contributed by atoms with Crippen LogP contribution in [0.1, 0.15) is 31.9 Å². The zero-order valence-electron chi connectivity index (χ0n) is 22.8. The molecule has 0 unspecified atom stereocenters. The molecule has 0 bridgehead atoms. The van der Waals surface area contributed by atoms with E-state index in [2.05, 4.69) is 77.9 Å². The number of carbonyl (C=O) groups excluding carboxylic acids is 1. The summed E-state index contributed by atoms with van der Waals surface area (Å²) in [5.74, 6) is 0.658. The molecule has 200 valence electrons. The average molecular weight is 546 g/mol. The lowest BCUT2D eigenvalue weighted by Crippen LogP contribution is -2.20. The second-order valence-electron chi connectivity index (χ2n) is 10.4. The summed E-state index contributed by atoms with van der Waals surface area (Å²) in [6, 6.07) is 36.6. The zero-order chi connectivity index (χ0) is 28.0. The smallest absolute Gasteiger partial charge is 0.250 e. The fourth-order valence-electron chi connectivity index (χ4n) is 4.21. The van der Waals surface area contributed by atoms with Gasteiger partial charge in [-0.3, -0.25) is 9.36 Å². The van der Waals surface area contributed by atoms with Crippen LogP contribution in [0, 0.1) is 0 Å². The van der Waals surface area contributed by atoms with E-state index >= 15 is 0 Å². The Morgan fingerprint density at radius 1 is 0.800 bits per heavy atom. The van der Waals surface area contributed by atoms with E-state index in [9.17, 15) is 4.79 Å². The molecule has 1 heterocycles. The van der Waals surface area contributed by atoms with Gasteiger partial charge in [-0.15, -0.1) is 10.2 Å². The van der Waals surface area contributed by atoms with Crippen molar-refractivity contribution in [2.24, 2.45) is 5.10 Å². The highest BCUT2D eigenvalue weighted by atomic mass is 32.2. The van der Waals surface area contributed by atoms with Gasteiger partial charge in [-0.25, -0.2) is 5.43 Å². The average Bonchev–Trinajstić information content (AvgIpc) is 3.41. The van der Waals surface area contributed by atoms with Gasteiger partial charge in [0, 0.05) is 11.3 Å². The number of nitrogens with zero attached hydrogens (tertiary/aromatic N) is 4. The molecular formula is C33H31N5OS. The van der Waals surface area contributed by atoms with Gasteiger partial charge in [-0.05, 0) is 39.8 Å². The second-order valence-corrected chi connectivity index (χ2v) is 11.3. The van der Waals surface area contributed by atoms with E-state index in [-0.39, 0.29) is 17.1 Å². The first-order valence-electron chi connectivity index (χ1n) is 13.1. The van der Waals surface area contributed by atoms with Gasteiger partial charge >= 0.3 is 0 Å². The van der Waals surface area contributed by atoms with E-state index in [0.717, 1.165) is 33.8 Å². The normalized spacial score (nSPS) is 11.6. The number of hydrazone groups is 1. The van der Waals surface area contributed by atoms with Crippen LogP contribution in [0.5, 0.6) is 0 Å². The molecule has 1 aromatic heterocycles. The summed E-state index contributed by atoms with van der Waals surface area (Å²) < 4.78 is 1.99. The fourth-order valence-corrected chi connectivity index (χ4v) is 4.96. The number of rotatable bonds is 8. The first kappa shape index (κ1) is 27.1. The number of hydrogen-bond acceptors (Lipinski definition) is 5. The number of benzene rings is 4. The molecule has 0 radical (unpaired) electrons. The van der Waals surface area contributed by atoms with E-state index in [1.807, 2.05) is 77.4 Å². The molecule has 0 spiro atoms. The molecule has 7 heteroatoms. The molecule has 6 nitrogen and oxygen atoms in total. The van der Waals surface area contributed by atoms with Crippen molar-refractivity contribution in [1.29, 1.82) is 0 Å². The summed E-state index contributed by atoms with van der Waals surface area (Å²) in [5.41, 5.74) is 9.02. The topological polar surface area (TPSA) is 72.2 Å². The van der Waals surface area contributed by atoms with Gasteiger partial charge in [0.15, 0.2) is 11.0 Å². The Balaban J connectivity index is 1.26. The standard InChI is InChI=1S/C33H31N5OS/c1-33(2,3)28-20-18-27(19-21-28)31-36-37-32(38(31)29-12-8-5-9-13-29)40-23-30(39)35-34-22-24-14-16-26(17-15-24)25-10-6-4-7-11-25/h4-22H,23H2,1-3H3,(H,35,39). The lowest BCUT2D eigenvalue weighted by atomic mass is 9.87. The number of para-hydroxylation sites is 1. The Labute approximate surface area is 239 Å². The van der Waals surface area contributed by atoms with Crippen LogP contribution in [0.3, 0.4) is 0 Å². The second kappa shape index (κ2) is 12.1. The Morgan fingerprint density at radius 2 is 1.40 bits per heavy atom. The summed E-state index contributed by atoms with van der Waals surface area (Å²) in [6.45, 7) is 6.58. The molecule has 5 rings (SSSR count). The van der Waals surface area contributed by atoms with Crippen LogP contribution in [0.4, 0.5) is 0 Å². The van der Waals surface area contributed by atoms with Gasteiger partial charge in [0.25, 0.3) is 5.91 Å². The summed E-state index contributed by atoms with van der Waals surface area (Å²) in [4.78, 5) is 12.6. The monoisotopic (exact) mass is 545 g/mol. The lowest BCUT2D eigenvalue weighted by molar-refractivity contribution is -0.118. The third-order valence-corrected chi connectivity index (χ3v) is 7.34. The number of aromatic nitrogens is 3. The Morgan fingerprint density at radius 3 is 2.05 bits per heavy atom. The van der Waals surface area contributed by atoms with Crippen molar-refractivity contribution in [1.82, 2.24) is 20.2 Å². The predicted molar refractivity (Wildman–Crippen MR) is 164 cm³/mol. The minimum absolute atomic E-state index is 0.0636. The van der Waals surface area contributed by atoms with Crippen molar-refractivity contribution in [3.63, 3.8) is 0 Å². The minimum atomic E-state index is -0.221. The van der Waals surface area contributed by atoms with E-state index in [1.165, 1.54) is 17.3 Å². The molecule has 4 aromatic carbocycles. The van der Waals surface area contributed by atoms with Crippen LogP contribution in [0.15, 0.2) is 119 Å². The van der Waals surface area contributed by atoms with Gasteiger partial charge in [0.2, 0.25) is 0 Å². The SMILES string of the molecule is CC(C)(C)c1ccc(-c2nnc(SCC(=O)NN=Cc3ccc(-c4ccccc4)cc3)n2-c2ccccc2)cc1. The number of carbonyl (C=O) groups is 1. The van der Waals surface area contributed by atoms with Crippen LogP contribution in [-0.2, 0) is 10.2 Å². The van der Waals surface area contributed by atoms with Crippen molar-refractivity contribution < 1.29 is 4.79 Å². The zero-order valence-corrected chi connectivity index (χ0v) is 23.6. The number of thioether (sulfide) groups is 1. The van der Waals surface area contributed by atoms with E-state index < -0.39 is 0 Å². The lowest BCUT2D eigenvalue weighted by Gasteiger charge is -2.19.